The molecule has 0 aliphatic carbocycles. The van der Waals surface area contributed by atoms with Crippen molar-refractivity contribution < 1.29 is 9.53 Å². The van der Waals surface area contributed by atoms with Gasteiger partial charge >= 0.3 is 0 Å². The van der Waals surface area contributed by atoms with E-state index >= 15 is 0 Å². The normalized spacial score (nSPS) is 14.8. The van der Waals surface area contributed by atoms with Gasteiger partial charge in [0.2, 0.25) is 0 Å². The summed E-state index contributed by atoms with van der Waals surface area (Å²) in [7, 11) is 0. The van der Waals surface area contributed by atoms with Crippen molar-refractivity contribution in [3.63, 3.8) is 0 Å². The van der Waals surface area contributed by atoms with Crippen molar-refractivity contribution in [2.45, 2.75) is 18.9 Å². The van der Waals surface area contributed by atoms with Crippen molar-refractivity contribution in [2.24, 2.45) is 0 Å². The summed E-state index contributed by atoms with van der Waals surface area (Å²) < 4.78 is 5.94. The molecule has 0 radical (unpaired) electrons. The number of benzene rings is 2. The van der Waals surface area contributed by atoms with Gasteiger partial charge in [0.05, 0.1) is 10.6 Å². The number of hydrogen-bond donors (Lipinski definition) is 0. The van der Waals surface area contributed by atoms with Crippen molar-refractivity contribution in [3.8, 4) is 11.8 Å². The van der Waals surface area contributed by atoms with Gasteiger partial charge in [-0.1, -0.05) is 23.2 Å². The average Bonchev–Trinajstić information content (AvgIpc) is 2.63. The minimum absolute atomic E-state index is 0.0728. The number of carbonyl (C=O) groups is 1. The van der Waals surface area contributed by atoms with E-state index in [0.29, 0.717) is 34.3 Å². The fourth-order valence-electron chi connectivity index (χ4n) is 2.80. The van der Waals surface area contributed by atoms with E-state index in [9.17, 15) is 4.79 Å². The van der Waals surface area contributed by atoms with Crippen LogP contribution in [0.2, 0.25) is 10.0 Å². The van der Waals surface area contributed by atoms with Crippen molar-refractivity contribution in [2.75, 3.05) is 13.1 Å². The van der Waals surface area contributed by atoms with Gasteiger partial charge in [0.15, 0.2) is 0 Å². The molecule has 0 saturated carbocycles. The maximum Gasteiger partial charge on any atom is 0.253 e. The molecule has 0 unspecified atom stereocenters. The molecule has 1 fully saturated rings. The van der Waals surface area contributed by atoms with Crippen LogP contribution in [0, 0.1) is 11.3 Å². The van der Waals surface area contributed by atoms with Gasteiger partial charge in [-0.15, -0.1) is 0 Å². The number of halogens is 2. The van der Waals surface area contributed by atoms with Crippen molar-refractivity contribution in [1.29, 1.82) is 5.26 Å². The molecule has 0 N–H and O–H groups in total. The first-order chi connectivity index (χ1) is 12.1. The van der Waals surface area contributed by atoms with Crippen molar-refractivity contribution >= 4 is 29.1 Å². The van der Waals surface area contributed by atoms with Crippen molar-refractivity contribution in [3.05, 3.63) is 63.6 Å². The Hall–Kier alpha value is -2.22. The smallest absolute Gasteiger partial charge is 0.253 e. The molecule has 1 heterocycles. The van der Waals surface area contributed by atoms with Crippen molar-refractivity contribution in [1.82, 2.24) is 4.90 Å². The molecule has 3 rings (SSSR count). The standard InChI is InChI=1S/C19H16Cl2N2O2/c20-15-3-5-16(6-4-15)25-17-7-9-23(10-8-17)19(24)13-1-2-14(12-22)18(21)11-13/h1-6,11,17H,7-10H2. The van der Waals surface area contributed by atoms with Crippen LogP contribution in [-0.2, 0) is 0 Å². The zero-order chi connectivity index (χ0) is 17.8. The van der Waals surface area contributed by atoms with E-state index in [1.807, 2.05) is 18.2 Å². The summed E-state index contributed by atoms with van der Waals surface area (Å²) in [6.07, 6.45) is 1.60. The first kappa shape index (κ1) is 17.6. The Bertz CT molecular complexity index is 807. The molecule has 2 aromatic rings. The third-order valence-electron chi connectivity index (χ3n) is 4.18. The molecule has 128 valence electrons. The van der Waals surface area contributed by atoms with Crippen LogP contribution in [0.5, 0.6) is 5.75 Å². The number of nitriles is 1. The highest BCUT2D eigenvalue weighted by molar-refractivity contribution is 6.32. The monoisotopic (exact) mass is 374 g/mol. The maximum atomic E-state index is 12.6. The van der Waals surface area contributed by atoms with Gasteiger partial charge in [-0.3, -0.25) is 4.79 Å². The molecular weight excluding hydrogens is 359 g/mol. The molecule has 6 heteroatoms. The minimum Gasteiger partial charge on any atom is -0.490 e. The predicted molar refractivity (Wildman–Crippen MR) is 97.2 cm³/mol. The van der Waals surface area contributed by atoms with Crippen LogP contribution in [0.25, 0.3) is 0 Å². The highest BCUT2D eigenvalue weighted by Crippen LogP contribution is 2.23. The molecule has 4 nitrogen and oxygen atoms in total. The van der Waals surface area contributed by atoms with Crippen LogP contribution >= 0.6 is 23.2 Å². The van der Waals surface area contributed by atoms with Crippen LogP contribution in [0.3, 0.4) is 0 Å². The molecule has 0 bridgehead atoms. The van der Waals surface area contributed by atoms with Crippen LogP contribution in [0.1, 0.15) is 28.8 Å². The summed E-state index contributed by atoms with van der Waals surface area (Å²) in [5.41, 5.74) is 0.870. The lowest BCUT2D eigenvalue weighted by Gasteiger charge is -2.32. The van der Waals surface area contributed by atoms with Gasteiger partial charge in [0, 0.05) is 36.5 Å². The van der Waals surface area contributed by atoms with E-state index in [0.717, 1.165) is 18.6 Å². The number of ether oxygens (including phenoxy) is 1. The second-order valence-corrected chi connectivity index (χ2v) is 6.71. The van der Waals surface area contributed by atoms with Crippen LogP contribution < -0.4 is 4.74 Å². The molecule has 25 heavy (non-hydrogen) atoms. The number of likely N-dealkylation sites (tertiary alicyclic amines) is 1. The first-order valence-electron chi connectivity index (χ1n) is 7.98. The Morgan fingerprint density at radius 1 is 1.12 bits per heavy atom. The average molecular weight is 375 g/mol. The quantitative estimate of drug-likeness (QED) is 0.791. The Kier molecular flexibility index (Phi) is 5.47. The van der Waals surface area contributed by atoms with Gasteiger partial charge in [0.25, 0.3) is 5.91 Å². The fraction of sp³-hybridized carbons (Fsp3) is 0.263. The zero-order valence-corrected chi connectivity index (χ0v) is 14.9. The van der Waals surface area contributed by atoms with E-state index in [1.165, 1.54) is 0 Å². The summed E-state index contributed by atoms with van der Waals surface area (Å²) in [5, 5.41) is 9.89. The number of amides is 1. The molecule has 1 saturated heterocycles. The number of piperidine rings is 1. The maximum absolute atomic E-state index is 12.6. The van der Waals surface area contributed by atoms with E-state index in [4.69, 9.17) is 33.2 Å². The summed E-state index contributed by atoms with van der Waals surface area (Å²) in [6, 6.07) is 14.0. The lowest BCUT2D eigenvalue weighted by Crippen LogP contribution is -2.41. The van der Waals surface area contributed by atoms with Crippen LogP contribution in [-0.4, -0.2) is 30.0 Å². The Morgan fingerprint density at radius 2 is 1.80 bits per heavy atom. The third kappa shape index (κ3) is 4.25. The Labute approximate surface area is 156 Å². The summed E-state index contributed by atoms with van der Waals surface area (Å²) >= 11 is 11.9. The molecule has 2 aromatic carbocycles. The number of nitrogens with zero attached hydrogens (tertiary/aromatic N) is 2. The second-order valence-electron chi connectivity index (χ2n) is 5.87. The summed E-state index contributed by atoms with van der Waals surface area (Å²) in [5.74, 6) is 0.712. The van der Waals surface area contributed by atoms with E-state index in [2.05, 4.69) is 0 Å². The van der Waals surface area contributed by atoms with Gasteiger partial charge in [-0.25, -0.2) is 0 Å². The van der Waals surface area contributed by atoms with Gasteiger partial charge in [0.1, 0.15) is 17.9 Å². The predicted octanol–water partition coefficient (Wildman–Crippen LogP) is 4.55. The molecule has 0 spiro atoms. The number of carbonyl (C=O) groups excluding carboxylic acids is 1. The molecule has 0 atom stereocenters. The largest absolute Gasteiger partial charge is 0.490 e. The molecule has 1 aliphatic rings. The van der Waals surface area contributed by atoms with Gasteiger partial charge in [-0.2, -0.15) is 5.26 Å². The van der Waals surface area contributed by atoms with E-state index in [1.54, 1.807) is 35.2 Å². The van der Waals surface area contributed by atoms with Gasteiger partial charge < -0.3 is 9.64 Å². The van der Waals surface area contributed by atoms with Crippen LogP contribution in [0.4, 0.5) is 0 Å². The summed E-state index contributed by atoms with van der Waals surface area (Å²) in [6.45, 7) is 1.24. The van der Waals surface area contributed by atoms with Crippen LogP contribution in [0.15, 0.2) is 42.5 Å². The molecule has 1 amide bonds. The zero-order valence-electron chi connectivity index (χ0n) is 13.4. The fourth-order valence-corrected chi connectivity index (χ4v) is 3.15. The Morgan fingerprint density at radius 3 is 2.40 bits per heavy atom. The highest BCUT2D eigenvalue weighted by Gasteiger charge is 2.25. The lowest BCUT2D eigenvalue weighted by atomic mass is 10.1. The highest BCUT2D eigenvalue weighted by atomic mass is 35.5. The minimum atomic E-state index is -0.0728. The first-order valence-corrected chi connectivity index (χ1v) is 8.73. The lowest BCUT2D eigenvalue weighted by molar-refractivity contribution is 0.0595. The molecule has 0 aromatic heterocycles. The van der Waals surface area contributed by atoms with Gasteiger partial charge in [-0.05, 0) is 42.5 Å². The van der Waals surface area contributed by atoms with E-state index in [-0.39, 0.29) is 12.0 Å². The topological polar surface area (TPSA) is 53.3 Å². The third-order valence-corrected chi connectivity index (χ3v) is 4.75. The molecular formula is C19H16Cl2N2O2. The number of hydrogen-bond acceptors (Lipinski definition) is 3. The Balaban J connectivity index is 1.58. The SMILES string of the molecule is N#Cc1ccc(C(=O)N2CCC(Oc3ccc(Cl)cc3)CC2)cc1Cl. The second kappa shape index (κ2) is 7.77. The van der Waals surface area contributed by atoms with E-state index < -0.39 is 0 Å². The summed E-state index contributed by atoms with van der Waals surface area (Å²) in [4.78, 5) is 14.4. The molecule has 1 aliphatic heterocycles. The number of rotatable bonds is 3.